The summed E-state index contributed by atoms with van der Waals surface area (Å²) in [4.78, 5) is 17.0. The Morgan fingerprint density at radius 2 is 2.13 bits per heavy atom. The molecule has 4 rings (SSSR count). The predicted octanol–water partition coefficient (Wildman–Crippen LogP) is 3.06. The van der Waals surface area contributed by atoms with Crippen molar-refractivity contribution in [1.29, 1.82) is 0 Å². The maximum atomic E-state index is 5.37. The SMILES string of the molecule is CCn1cnc2c(NCCOC)nc(C3(C)CCCN(Cc4c(C)noc4C)C3)nc21. The fourth-order valence-electron chi connectivity index (χ4n) is 4.45. The summed E-state index contributed by atoms with van der Waals surface area (Å²) in [6.45, 7) is 13.3. The van der Waals surface area contributed by atoms with E-state index in [1.165, 1.54) is 5.56 Å². The first-order valence-corrected chi connectivity index (χ1v) is 11.1. The topological polar surface area (TPSA) is 94.1 Å². The van der Waals surface area contributed by atoms with Gasteiger partial charge in [-0.25, -0.2) is 15.0 Å². The number of nitrogens with zero attached hydrogens (tertiary/aromatic N) is 6. The molecule has 1 saturated heterocycles. The Hall–Kier alpha value is -2.52. The molecule has 1 aliphatic heterocycles. The van der Waals surface area contributed by atoms with Gasteiger partial charge < -0.3 is 19.1 Å². The summed E-state index contributed by atoms with van der Waals surface area (Å²) >= 11 is 0. The van der Waals surface area contributed by atoms with Crippen molar-refractivity contribution in [2.24, 2.45) is 0 Å². The van der Waals surface area contributed by atoms with E-state index in [4.69, 9.17) is 19.2 Å². The van der Waals surface area contributed by atoms with Gasteiger partial charge in [0.1, 0.15) is 17.1 Å². The lowest BCUT2D eigenvalue weighted by Gasteiger charge is -2.39. The van der Waals surface area contributed by atoms with Crippen LogP contribution in [0.4, 0.5) is 5.82 Å². The number of anilines is 1. The maximum absolute atomic E-state index is 5.37. The molecule has 1 aliphatic rings. The number of piperidine rings is 1. The van der Waals surface area contributed by atoms with Crippen molar-refractivity contribution in [1.82, 2.24) is 29.6 Å². The molecule has 0 amide bonds. The number of likely N-dealkylation sites (tertiary alicyclic amines) is 1. The van der Waals surface area contributed by atoms with Crippen molar-refractivity contribution >= 4 is 17.0 Å². The average molecular weight is 428 g/mol. The van der Waals surface area contributed by atoms with Crippen LogP contribution < -0.4 is 5.32 Å². The van der Waals surface area contributed by atoms with Gasteiger partial charge in [0, 0.05) is 44.3 Å². The number of fused-ring (bicyclic) bond motifs is 1. The molecule has 168 valence electrons. The molecule has 0 saturated carbocycles. The second-order valence-electron chi connectivity index (χ2n) is 8.70. The molecule has 0 aromatic carbocycles. The van der Waals surface area contributed by atoms with E-state index in [0.717, 1.165) is 73.3 Å². The van der Waals surface area contributed by atoms with Crippen LogP contribution in [0.5, 0.6) is 0 Å². The number of imidazole rings is 1. The van der Waals surface area contributed by atoms with Gasteiger partial charge in [-0.05, 0) is 40.2 Å². The second-order valence-corrected chi connectivity index (χ2v) is 8.70. The predicted molar refractivity (Wildman–Crippen MR) is 119 cm³/mol. The van der Waals surface area contributed by atoms with Crippen molar-refractivity contribution in [3.63, 3.8) is 0 Å². The summed E-state index contributed by atoms with van der Waals surface area (Å²) in [6.07, 6.45) is 3.99. The van der Waals surface area contributed by atoms with Gasteiger partial charge in [0.2, 0.25) is 0 Å². The highest BCUT2D eigenvalue weighted by Gasteiger charge is 2.36. The van der Waals surface area contributed by atoms with E-state index < -0.39 is 0 Å². The van der Waals surface area contributed by atoms with Gasteiger partial charge >= 0.3 is 0 Å². The van der Waals surface area contributed by atoms with Crippen LogP contribution in [0.15, 0.2) is 10.9 Å². The van der Waals surface area contributed by atoms with E-state index in [-0.39, 0.29) is 5.41 Å². The molecule has 0 spiro atoms. The minimum Gasteiger partial charge on any atom is -0.383 e. The zero-order chi connectivity index (χ0) is 22.0. The van der Waals surface area contributed by atoms with Crippen LogP contribution in [0.1, 0.15) is 49.5 Å². The highest BCUT2D eigenvalue weighted by molar-refractivity contribution is 5.83. The third-order valence-electron chi connectivity index (χ3n) is 6.28. The Balaban J connectivity index is 1.65. The molecule has 3 aromatic heterocycles. The van der Waals surface area contributed by atoms with Crippen LogP contribution in [-0.4, -0.2) is 62.9 Å². The van der Waals surface area contributed by atoms with E-state index >= 15 is 0 Å². The number of rotatable bonds is 8. The molecule has 1 atom stereocenters. The Kier molecular flexibility index (Phi) is 6.24. The number of ether oxygens (including phenoxy) is 1. The highest BCUT2D eigenvalue weighted by atomic mass is 16.5. The van der Waals surface area contributed by atoms with Crippen LogP contribution in [0.3, 0.4) is 0 Å². The van der Waals surface area contributed by atoms with Crippen molar-refractivity contribution in [2.75, 3.05) is 38.7 Å². The molecular weight excluding hydrogens is 394 g/mol. The molecule has 3 aromatic rings. The summed E-state index contributed by atoms with van der Waals surface area (Å²) in [5.41, 5.74) is 3.71. The molecule has 9 heteroatoms. The third kappa shape index (κ3) is 4.29. The lowest BCUT2D eigenvalue weighted by atomic mass is 9.80. The third-order valence-corrected chi connectivity index (χ3v) is 6.28. The minimum absolute atomic E-state index is 0.147. The Morgan fingerprint density at radius 1 is 1.29 bits per heavy atom. The van der Waals surface area contributed by atoms with E-state index in [0.29, 0.717) is 13.2 Å². The normalized spacial score (nSPS) is 19.9. The first kappa shape index (κ1) is 21.7. The summed E-state index contributed by atoms with van der Waals surface area (Å²) in [7, 11) is 1.70. The molecule has 0 bridgehead atoms. The molecule has 4 heterocycles. The van der Waals surface area contributed by atoms with Crippen molar-refractivity contribution < 1.29 is 9.26 Å². The minimum atomic E-state index is -0.147. The van der Waals surface area contributed by atoms with Crippen molar-refractivity contribution in [3.8, 4) is 0 Å². The molecule has 0 aliphatic carbocycles. The van der Waals surface area contributed by atoms with Crippen LogP contribution in [0.2, 0.25) is 0 Å². The fraction of sp³-hybridized carbons (Fsp3) is 0.636. The smallest absolute Gasteiger partial charge is 0.165 e. The first-order valence-electron chi connectivity index (χ1n) is 11.1. The zero-order valence-corrected chi connectivity index (χ0v) is 19.2. The molecule has 31 heavy (non-hydrogen) atoms. The number of aromatic nitrogens is 5. The average Bonchev–Trinajstić information content (AvgIpc) is 3.32. The second kappa shape index (κ2) is 8.92. The lowest BCUT2D eigenvalue weighted by molar-refractivity contribution is 0.144. The van der Waals surface area contributed by atoms with Crippen LogP contribution in [0.25, 0.3) is 11.2 Å². The Labute approximate surface area is 183 Å². The van der Waals surface area contributed by atoms with Crippen molar-refractivity contribution in [2.45, 2.75) is 59.0 Å². The standard InChI is InChI=1S/C22H33N7O2/c1-6-29-14-24-18-19(23-9-11-30-5)25-21(26-20(18)29)22(4)8-7-10-28(13-22)12-17-15(2)27-31-16(17)3/h14H,6-13H2,1-5H3,(H,23,25,26). The summed E-state index contributed by atoms with van der Waals surface area (Å²) in [5.74, 6) is 2.56. The molecule has 9 nitrogen and oxygen atoms in total. The molecule has 1 unspecified atom stereocenters. The quantitative estimate of drug-likeness (QED) is 0.548. The van der Waals surface area contributed by atoms with E-state index in [1.807, 2.05) is 20.2 Å². The number of hydrogen-bond donors (Lipinski definition) is 1. The molecule has 1 N–H and O–H groups in total. The molecule has 1 fully saturated rings. The van der Waals surface area contributed by atoms with Crippen LogP contribution in [0, 0.1) is 13.8 Å². The first-order chi connectivity index (χ1) is 14.9. The Morgan fingerprint density at radius 3 is 2.84 bits per heavy atom. The Bertz CT molecular complexity index is 1020. The number of aryl methyl sites for hydroxylation is 3. The largest absolute Gasteiger partial charge is 0.383 e. The van der Waals surface area contributed by atoms with Gasteiger partial charge in [0.05, 0.1) is 18.6 Å². The maximum Gasteiger partial charge on any atom is 0.165 e. The van der Waals surface area contributed by atoms with Gasteiger partial charge in [-0.2, -0.15) is 0 Å². The van der Waals surface area contributed by atoms with Gasteiger partial charge in [0.25, 0.3) is 0 Å². The van der Waals surface area contributed by atoms with Gasteiger partial charge in [-0.3, -0.25) is 4.90 Å². The summed E-state index contributed by atoms with van der Waals surface area (Å²) < 4.78 is 12.7. The van der Waals surface area contributed by atoms with Gasteiger partial charge in [-0.15, -0.1) is 0 Å². The summed E-state index contributed by atoms with van der Waals surface area (Å²) in [6, 6.07) is 0. The lowest BCUT2D eigenvalue weighted by Crippen LogP contribution is -2.45. The van der Waals surface area contributed by atoms with Crippen molar-refractivity contribution in [3.05, 3.63) is 29.2 Å². The monoisotopic (exact) mass is 427 g/mol. The van der Waals surface area contributed by atoms with E-state index in [1.54, 1.807) is 7.11 Å². The highest BCUT2D eigenvalue weighted by Crippen LogP contribution is 2.34. The van der Waals surface area contributed by atoms with Crippen LogP contribution >= 0.6 is 0 Å². The van der Waals surface area contributed by atoms with Crippen LogP contribution in [-0.2, 0) is 23.2 Å². The fourth-order valence-corrected chi connectivity index (χ4v) is 4.45. The number of methoxy groups -OCH3 is 1. The number of hydrogen-bond acceptors (Lipinski definition) is 8. The number of nitrogens with one attached hydrogen (secondary N) is 1. The van der Waals surface area contributed by atoms with E-state index in [9.17, 15) is 0 Å². The van der Waals surface area contributed by atoms with Gasteiger partial charge in [-0.1, -0.05) is 12.1 Å². The summed E-state index contributed by atoms with van der Waals surface area (Å²) in [5, 5.41) is 7.52. The van der Waals surface area contributed by atoms with Gasteiger partial charge in [0.15, 0.2) is 11.5 Å². The van der Waals surface area contributed by atoms with E-state index in [2.05, 4.69) is 38.8 Å². The zero-order valence-electron chi connectivity index (χ0n) is 19.2. The molecular formula is C22H33N7O2. The molecule has 0 radical (unpaired) electrons.